The first-order valence-electron chi connectivity index (χ1n) is 11.8. The molecule has 1 aliphatic heterocycles. The minimum absolute atomic E-state index is 0.245. The van der Waals surface area contributed by atoms with Crippen LogP contribution in [0.25, 0.3) is 6.08 Å². The Morgan fingerprint density at radius 3 is 2.47 bits per heavy atom. The van der Waals surface area contributed by atoms with Crippen molar-refractivity contribution >= 4 is 57.1 Å². The van der Waals surface area contributed by atoms with E-state index in [-0.39, 0.29) is 23.8 Å². The molecule has 1 heterocycles. The maximum Gasteiger partial charge on any atom is 0.335 e. The van der Waals surface area contributed by atoms with Gasteiger partial charge in [0.05, 0.1) is 5.69 Å². The van der Waals surface area contributed by atoms with E-state index in [1.807, 2.05) is 45.9 Å². The van der Waals surface area contributed by atoms with Crippen LogP contribution in [0.4, 0.5) is 16.2 Å². The lowest BCUT2D eigenvalue weighted by Gasteiger charge is -2.27. The highest BCUT2D eigenvalue weighted by atomic mass is 79.9. The van der Waals surface area contributed by atoms with Crippen LogP contribution < -0.4 is 20.3 Å². The van der Waals surface area contributed by atoms with E-state index in [0.717, 1.165) is 27.2 Å². The summed E-state index contributed by atoms with van der Waals surface area (Å²) in [5, 5.41) is 5.06. The van der Waals surface area contributed by atoms with Gasteiger partial charge < -0.3 is 10.1 Å². The van der Waals surface area contributed by atoms with E-state index >= 15 is 0 Å². The van der Waals surface area contributed by atoms with E-state index in [2.05, 4.69) is 26.6 Å². The fourth-order valence-corrected chi connectivity index (χ4v) is 4.27. The van der Waals surface area contributed by atoms with Gasteiger partial charge in [-0.1, -0.05) is 34.1 Å². The highest BCUT2D eigenvalue weighted by Gasteiger charge is 2.37. The topological polar surface area (TPSA) is 105 Å². The molecule has 0 aromatic heterocycles. The van der Waals surface area contributed by atoms with E-state index in [0.29, 0.717) is 21.4 Å². The molecule has 0 radical (unpaired) electrons. The van der Waals surface area contributed by atoms with Crippen molar-refractivity contribution in [2.75, 3.05) is 16.8 Å². The van der Waals surface area contributed by atoms with Crippen LogP contribution in [0.3, 0.4) is 0 Å². The number of imide groups is 2. The lowest BCUT2D eigenvalue weighted by molar-refractivity contribution is -0.122. The van der Waals surface area contributed by atoms with Gasteiger partial charge in [0.1, 0.15) is 11.3 Å². The molecule has 5 amide bonds. The first-order chi connectivity index (χ1) is 18.0. The summed E-state index contributed by atoms with van der Waals surface area (Å²) in [6.07, 6.45) is 1.35. The molecule has 0 aliphatic carbocycles. The number of nitrogens with zero attached hydrogens (tertiary/aromatic N) is 1. The fraction of sp³-hybridized carbons (Fsp3) is 0.172. The van der Waals surface area contributed by atoms with Gasteiger partial charge in [0, 0.05) is 15.7 Å². The van der Waals surface area contributed by atoms with Gasteiger partial charge in [-0.2, -0.15) is 0 Å². The molecule has 0 saturated carbocycles. The van der Waals surface area contributed by atoms with Crippen LogP contribution in [0.2, 0.25) is 0 Å². The Morgan fingerprint density at radius 2 is 1.74 bits per heavy atom. The van der Waals surface area contributed by atoms with Crippen molar-refractivity contribution in [2.24, 2.45) is 0 Å². The maximum absolute atomic E-state index is 13.3. The Bertz CT molecular complexity index is 1510. The molecule has 0 atom stereocenters. The molecule has 0 unspecified atom stereocenters. The minimum Gasteiger partial charge on any atom is -0.483 e. The molecule has 8 nitrogen and oxygen atoms in total. The van der Waals surface area contributed by atoms with Gasteiger partial charge in [0.15, 0.2) is 6.61 Å². The predicted octanol–water partition coefficient (Wildman–Crippen LogP) is 5.37. The van der Waals surface area contributed by atoms with Crippen molar-refractivity contribution in [3.05, 3.63) is 92.5 Å². The standard InChI is InChI=1S/C29H26BrN3O5/c1-16-8-10-22(12-18(16)3)33-28(36)23(27(35)32-29(33)37)14-20-13-21(30)9-11-25(20)38-15-26(34)31-24-7-5-6-17(2)19(24)4/h5-14H,15H2,1-4H3,(H,31,34)(H,32,35,37)/b23-14-. The van der Waals surface area contributed by atoms with Crippen LogP contribution in [0.5, 0.6) is 5.75 Å². The highest BCUT2D eigenvalue weighted by Crippen LogP contribution is 2.29. The minimum atomic E-state index is -0.825. The number of barbiturate groups is 1. The van der Waals surface area contributed by atoms with Crippen molar-refractivity contribution in [3.8, 4) is 5.75 Å². The maximum atomic E-state index is 13.3. The van der Waals surface area contributed by atoms with Crippen molar-refractivity contribution in [1.29, 1.82) is 0 Å². The number of nitrogens with one attached hydrogen (secondary N) is 2. The Balaban J connectivity index is 1.59. The molecule has 0 spiro atoms. The smallest absolute Gasteiger partial charge is 0.335 e. The molecule has 1 aliphatic rings. The normalized spacial score (nSPS) is 14.5. The second-order valence-corrected chi connectivity index (χ2v) is 9.91. The van der Waals surface area contributed by atoms with Gasteiger partial charge in [-0.05, 0) is 92.4 Å². The Morgan fingerprint density at radius 1 is 0.974 bits per heavy atom. The molecule has 1 fully saturated rings. The van der Waals surface area contributed by atoms with Gasteiger partial charge in [-0.3, -0.25) is 19.7 Å². The van der Waals surface area contributed by atoms with E-state index in [1.165, 1.54) is 6.08 Å². The summed E-state index contributed by atoms with van der Waals surface area (Å²) in [4.78, 5) is 52.1. The number of urea groups is 1. The van der Waals surface area contributed by atoms with Gasteiger partial charge in [0.2, 0.25) is 0 Å². The molecule has 3 aromatic rings. The van der Waals surface area contributed by atoms with E-state index < -0.39 is 17.8 Å². The lowest BCUT2D eigenvalue weighted by Crippen LogP contribution is -2.54. The quantitative estimate of drug-likeness (QED) is 0.304. The summed E-state index contributed by atoms with van der Waals surface area (Å²) in [6.45, 7) is 7.37. The van der Waals surface area contributed by atoms with Crippen LogP contribution in [0.1, 0.15) is 27.8 Å². The zero-order valence-electron chi connectivity index (χ0n) is 21.3. The monoisotopic (exact) mass is 575 g/mol. The van der Waals surface area contributed by atoms with Gasteiger partial charge in [-0.25, -0.2) is 9.69 Å². The number of amides is 5. The molecule has 9 heteroatoms. The number of carbonyl (C=O) groups excluding carboxylic acids is 4. The number of rotatable bonds is 6. The summed E-state index contributed by atoms with van der Waals surface area (Å²) in [5.41, 5.74) is 5.08. The van der Waals surface area contributed by atoms with Gasteiger partial charge in [0.25, 0.3) is 17.7 Å². The summed E-state index contributed by atoms with van der Waals surface area (Å²) in [7, 11) is 0. The molecule has 0 bridgehead atoms. The second kappa shape index (κ2) is 11.0. The number of benzene rings is 3. The Kier molecular flexibility index (Phi) is 7.78. The summed E-state index contributed by atoms with van der Waals surface area (Å²) in [5.74, 6) is -1.66. The molecule has 3 aromatic carbocycles. The summed E-state index contributed by atoms with van der Waals surface area (Å²) < 4.78 is 6.44. The van der Waals surface area contributed by atoms with E-state index in [1.54, 1.807) is 36.4 Å². The van der Waals surface area contributed by atoms with Crippen LogP contribution >= 0.6 is 15.9 Å². The van der Waals surface area contributed by atoms with Crippen molar-refractivity contribution in [1.82, 2.24) is 5.32 Å². The van der Waals surface area contributed by atoms with Crippen molar-refractivity contribution < 1.29 is 23.9 Å². The molecule has 4 rings (SSSR count). The molecule has 194 valence electrons. The SMILES string of the molecule is Cc1ccc(N2C(=O)NC(=O)/C(=C/c3cc(Br)ccc3OCC(=O)Nc3cccc(C)c3C)C2=O)cc1C. The largest absolute Gasteiger partial charge is 0.483 e. The lowest BCUT2D eigenvalue weighted by atomic mass is 10.0. The first kappa shape index (κ1) is 26.8. The molecule has 2 N–H and O–H groups in total. The zero-order valence-corrected chi connectivity index (χ0v) is 22.9. The summed E-state index contributed by atoms with van der Waals surface area (Å²) >= 11 is 3.39. The Hall–Kier alpha value is -4.24. The number of carbonyl (C=O) groups is 4. The summed E-state index contributed by atoms with van der Waals surface area (Å²) in [6, 6.07) is 15.0. The average Bonchev–Trinajstić information content (AvgIpc) is 2.86. The number of hydrogen-bond donors (Lipinski definition) is 2. The number of anilines is 2. The van der Waals surface area contributed by atoms with Crippen LogP contribution in [0.15, 0.2) is 64.6 Å². The molecular weight excluding hydrogens is 550 g/mol. The number of hydrogen-bond acceptors (Lipinski definition) is 5. The van der Waals surface area contributed by atoms with E-state index in [9.17, 15) is 19.2 Å². The average molecular weight is 576 g/mol. The third-order valence-electron chi connectivity index (χ3n) is 6.36. The van der Waals surface area contributed by atoms with Crippen molar-refractivity contribution in [2.45, 2.75) is 27.7 Å². The van der Waals surface area contributed by atoms with Crippen LogP contribution in [0, 0.1) is 27.7 Å². The third-order valence-corrected chi connectivity index (χ3v) is 6.85. The molecule has 38 heavy (non-hydrogen) atoms. The Labute approximate surface area is 228 Å². The highest BCUT2D eigenvalue weighted by molar-refractivity contribution is 9.10. The number of aryl methyl sites for hydroxylation is 3. The van der Waals surface area contributed by atoms with Crippen molar-refractivity contribution in [3.63, 3.8) is 0 Å². The van der Waals surface area contributed by atoms with Crippen LogP contribution in [-0.4, -0.2) is 30.4 Å². The van der Waals surface area contributed by atoms with E-state index in [4.69, 9.17) is 4.74 Å². The van der Waals surface area contributed by atoms with Crippen LogP contribution in [-0.2, 0) is 14.4 Å². The van der Waals surface area contributed by atoms with Gasteiger partial charge >= 0.3 is 6.03 Å². The first-order valence-corrected chi connectivity index (χ1v) is 12.6. The number of ether oxygens (including phenoxy) is 1. The zero-order chi connectivity index (χ0) is 27.6. The third kappa shape index (κ3) is 5.68. The van der Waals surface area contributed by atoms with Gasteiger partial charge in [-0.15, -0.1) is 0 Å². The molecule has 1 saturated heterocycles. The molecular formula is C29H26BrN3O5. The fourth-order valence-electron chi connectivity index (χ4n) is 3.89. The second-order valence-electron chi connectivity index (χ2n) is 8.99. The number of halogens is 1. The predicted molar refractivity (Wildman–Crippen MR) is 149 cm³/mol.